The van der Waals surface area contributed by atoms with Crippen LogP contribution in [-0.2, 0) is 25.6 Å². The van der Waals surface area contributed by atoms with Gasteiger partial charge in [0.05, 0.1) is 12.9 Å². The molecule has 0 aromatic heterocycles. The predicted octanol–water partition coefficient (Wildman–Crippen LogP) is 1.53. The fraction of sp³-hybridized carbons (Fsp3) is 0.462. The first-order chi connectivity index (χ1) is 9.37. The van der Waals surface area contributed by atoms with Crippen molar-refractivity contribution in [2.75, 3.05) is 19.4 Å². The van der Waals surface area contributed by atoms with Crippen molar-refractivity contribution in [3.05, 3.63) is 35.9 Å². The Balaban J connectivity index is 2.19. The topological polar surface area (TPSA) is 81.7 Å². The molecule has 20 heavy (non-hydrogen) atoms. The van der Waals surface area contributed by atoms with E-state index in [0.717, 1.165) is 11.8 Å². The minimum Gasteiger partial charge on any atom is -0.445 e. The number of hydrogen-bond acceptors (Lipinski definition) is 5. The van der Waals surface area contributed by atoms with Crippen molar-refractivity contribution in [3.63, 3.8) is 0 Å². The van der Waals surface area contributed by atoms with Gasteiger partial charge in [-0.3, -0.25) is 4.18 Å². The average Bonchev–Trinajstić information content (AvgIpc) is 2.41. The highest BCUT2D eigenvalue weighted by Crippen LogP contribution is 2.01. The lowest BCUT2D eigenvalue weighted by Gasteiger charge is -2.12. The van der Waals surface area contributed by atoms with Crippen LogP contribution >= 0.6 is 0 Å². The van der Waals surface area contributed by atoms with Gasteiger partial charge in [0, 0.05) is 6.54 Å². The van der Waals surface area contributed by atoms with E-state index in [1.165, 1.54) is 0 Å². The molecule has 0 heterocycles. The summed E-state index contributed by atoms with van der Waals surface area (Å²) in [6.07, 6.45) is 0.446. The summed E-state index contributed by atoms with van der Waals surface area (Å²) < 4.78 is 31.2. The Morgan fingerprint density at radius 2 is 1.95 bits per heavy atom. The summed E-state index contributed by atoms with van der Waals surface area (Å²) in [5.41, 5.74) is 0.899. The number of rotatable bonds is 7. The Kier molecular flexibility index (Phi) is 6.47. The molecule has 1 aromatic rings. The normalized spacial score (nSPS) is 12.7. The van der Waals surface area contributed by atoms with E-state index >= 15 is 0 Å². The number of nitrogens with one attached hydrogen (secondary N) is 1. The maximum Gasteiger partial charge on any atom is 0.407 e. The van der Waals surface area contributed by atoms with Gasteiger partial charge >= 0.3 is 6.09 Å². The van der Waals surface area contributed by atoms with Crippen LogP contribution in [-0.4, -0.2) is 33.9 Å². The third-order valence-electron chi connectivity index (χ3n) is 2.37. The number of alkyl carbamates (subject to hydrolysis) is 1. The van der Waals surface area contributed by atoms with Crippen molar-refractivity contribution in [2.24, 2.45) is 5.92 Å². The Bertz CT molecular complexity index is 515. The molecule has 0 aliphatic heterocycles. The van der Waals surface area contributed by atoms with Crippen LogP contribution in [0.3, 0.4) is 0 Å². The molecule has 0 aliphatic rings. The SMILES string of the molecule is CC(CNC(=O)OCc1ccccc1)COS(C)(=O)=O. The lowest BCUT2D eigenvalue weighted by Crippen LogP contribution is -2.30. The number of carbonyl (C=O) groups is 1. The summed E-state index contributed by atoms with van der Waals surface area (Å²) in [6.45, 7) is 2.27. The summed E-state index contributed by atoms with van der Waals surface area (Å²) in [6, 6.07) is 9.32. The number of carbonyl (C=O) groups excluding carboxylic acids is 1. The van der Waals surface area contributed by atoms with E-state index < -0.39 is 16.2 Å². The monoisotopic (exact) mass is 301 g/mol. The van der Waals surface area contributed by atoms with Crippen LogP contribution in [0.1, 0.15) is 12.5 Å². The van der Waals surface area contributed by atoms with Gasteiger partial charge in [-0.2, -0.15) is 8.42 Å². The van der Waals surface area contributed by atoms with Crippen molar-refractivity contribution < 1.29 is 22.1 Å². The maximum absolute atomic E-state index is 11.4. The van der Waals surface area contributed by atoms with Crippen LogP contribution in [0.25, 0.3) is 0 Å². The van der Waals surface area contributed by atoms with Crippen molar-refractivity contribution >= 4 is 16.2 Å². The molecule has 0 bridgehead atoms. The standard InChI is InChI=1S/C13H19NO5S/c1-11(9-19-20(2,16)17)8-14-13(15)18-10-12-6-4-3-5-7-12/h3-7,11H,8-10H2,1-2H3,(H,14,15). The van der Waals surface area contributed by atoms with Crippen LogP contribution in [0, 0.1) is 5.92 Å². The van der Waals surface area contributed by atoms with Gasteiger partial charge in [0.15, 0.2) is 0 Å². The lowest BCUT2D eigenvalue weighted by atomic mass is 10.2. The van der Waals surface area contributed by atoms with E-state index in [1.807, 2.05) is 30.3 Å². The van der Waals surface area contributed by atoms with E-state index in [1.54, 1.807) is 6.92 Å². The van der Waals surface area contributed by atoms with E-state index in [2.05, 4.69) is 9.50 Å². The highest BCUT2D eigenvalue weighted by molar-refractivity contribution is 7.85. The zero-order valence-electron chi connectivity index (χ0n) is 11.5. The Hall–Kier alpha value is -1.60. The van der Waals surface area contributed by atoms with E-state index in [-0.39, 0.29) is 25.7 Å². The van der Waals surface area contributed by atoms with Gasteiger partial charge < -0.3 is 10.1 Å². The zero-order valence-corrected chi connectivity index (χ0v) is 12.4. The van der Waals surface area contributed by atoms with Gasteiger partial charge in [0.25, 0.3) is 10.1 Å². The number of amides is 1. The molecule has 0 saturated carbocycles. The minimum atomic E-state index is -3.45. The number of ether oxygens (including phenoxy) is 1. The van der Waals surface area contributed by atoms with E-state index in [4.69, 9.17) is 4.74 Å². The summed E-state index contributed by atoms with van der Waals surface area (Å²) in [4.78, 5) is 11.4. The predicted molar refractivity (Wildman–Crippen MR) is 74.6 cm³/mol. The fourth-order valence-corrected chi connectivity index (χ4v) is 1.81. The summed E-state index contributed by atoms with van der Waals surface area (Å²) in [7, 11) is -3.45. The quantitative estimate of drug-likeness (QED) is 0.772. The summed E-state index contributed by atoms with van der Waals surface area (Å²) in [5.74, 6) is -0.131. The highest BCUT2D eigenvalue weighted by atomic mass is 32.2. The molecule has 1 aromatic carbocycles. The van der Waals surface area contributed by atoms with Gasteiger partial charge in [-0.25, -0.2) is 4.79 Å². The molecule has 0 spiro atoms. The second-order valence-corrected chi connectivity index (χ2v) is 6.18. The van der Waals surface area contributed by atoms with Crippen molar-refractivity contribution in [1.82, 2.24) is 5.32 Å². The largest absolute Gasteiger partial charge is 0.445 e. The van der Waals surface area contributed by atoms with E-state index in [9.17, 15) is 13.2 Å². The molecule has 7 heteroatoms. The maximum atomic E-state index is 11.4. The van der Waals surface area contributed by atoms with Gasteiger partial charge in [-0.05, 0) is 11.5 Å². The second kappa shape index (κ2) is 7.86. The third kappa shape index (κ3) is 7.75. The average molecular weight is 301 g/mol. The Morgan fingerprint density at radius 1 is 1.30 bits per heavy atom. The van der Waals surface area contributed by atoms with Crippen molar-refractivity contribution in [3.8, 4) is 0 Å². The molecule has 0 radical (unpaired) electrons. The van der Waals surface area contributed by atoms with Crippen LogP contribution in [0.2, 0.25) is 0 Å². The van der Waals surface area contributed by atoms with Crippen molar-refractivity contribution in [1.29, 1.82) is 0 Å². The molecule has 1 rings (SSSR count). The van der Waals surface area contributed by atoms with Gasteiger partial charge in [-0.1, -0.05) is 37.3 Å². The molecule has 1 N–H and O–H groups in total. The zero-order chi connectivity index (χ0) is 15.0. The third-order valence-corrected chi connectivity index (χ3v) is 2.94. The number of hydrogen-bond donors (Lipinski definition) is 1. The molecule has 0 saturated heterocycles. The second-order valence-electron chi connectivity index (χ2n) is 4.54. The number of benzene rings is 1. The van der Waals surface area contributed by atoms with Gasteiger partial charge in [0.1, 0.15) is 6.61 Å². The fourth-order valence-electron chi connectivity index (χ4n) is 1.33. The van der Waals surface area contributed by atoms with Gasteiger partial charge in [0.2, 0.25) is 0 Å². The summed E-state index contributed by atoms with van der Waals surface area (Å²) >= 11 is 0. The molecular weight excluding hydrogens is 282 g/mol. The molecule has 1 amide bonds. The first-order valence-corrected chi connectivity index (χ1v) is 7.97. The highest BCUT2D eigenvalue weighted by Gasteiger charge is 2.10. The molecule has 112 valence electrons. The Labute approximate surface area is 119 Å². The molecule has 1 unspecified atom stereocenters. The Morgan fingerprint density at radius 3 is 2.55 bits per heavy atom. The van der Waals surface area contributed by atoms with E-state index in [0.29, 0.717) is 0 Å². The van der Waals surface area contributed by atoms with Crippen LogP contribution in [0.15, 0.2) is 30.3 Å². The summed E-state index contributed by atoms with van der Waals surface area (Å²) in [5, 5.41) is 2.55. The van der Waals surface area contributed by atoms with Crippen LogP contribution in [0.5, 0.6) is 0 Å². The molecular formula is C13H19NO5S. The molecule has 0 fully saturated rings. The molecule has 1 atom stereocenters. The van der Waals surface area contributed by atoms with Crippen molar-refractivity contribution in [2.45, 2.75) is 13.5 Å². The molecule has 6 nitrogen and oxygen atoms in total. The van der Waals surface area contributed by atoms with Crippen LogP contribution < -0.4 is 5.32 Å². The lowest BCUT2D eigenvalue weighted by molar-refractivity contribution is 0.137. The molecule has 0 aliphatic carbocycles. The smallest absolute Gasteiger partial charge is 0.407 e. The van der Waals surface area contributed by atoms with Crippen LogP contribution in [0.4, 0.5) is 4.79 Å². The van der Waals surface area contributed by atoms with Gasteiger partial charge in [-0.15, -0.1) is 0 Å². The minimum absolute atomic E-state index is 0.0256. The first-order valence-electron chi connectivity index (χ1n) is 6.16. The first kappa shape index (κ1) is 16.5.